The quantitative estimate of drug-likeness (QED) is 0.805. The molecule has 0 heterocycles. The predicted molar refractivity (Wildman–Crippen MR) is 98.1 cm³/mol. The van der Waals surface area contributed by atoms with Gasteiger partial charge in [0.25, 0.3) is 5.91 Å². The van der Waals surface area contributed by atoms with E-state index in [-0.39, 0.29) is 17.2 Å². The van der Waals surface area contributed by atoms with Crippen LogP contribution in [0.5, 0.6) is 0 Å². The number of benzene rings is 1. The maximum Gasteiger partial charge on any atom is 0.251 e. The van der Waals surface area contributed by atoms with Gasteiger partial charge in [-0.3, -0.25) is 9.59 Å². The number of carbonyl (C=O) groups excluding carboxylic acids is 2. The fraction of sp³-hybridized carbons (Fsp3) is 0.556. The van der Waals surface area contributed by atoms with Crippen molar-refractivity contribution < 1.29 is 9.59 Å². The Labute approximate surface area is 143 Å². The van der Waals surface area contributed by atoms with Crippen LogP contribution in [0.1, 0.15) is 50.0 Å². The smallest absolute Gasteiger partial charge is 0.251 e. The summed E-state index contributed by atoms with van der Waals surface area (Å²) in [4.78, 5) is 24.5. The molecule has 4 nitrogen and oxygen atoms in total. The molecule has 2 amide bonds. The van der Waals surface area contributed by atoms with Gasteiger partial charge in [-0.15, -0.1) is 0 Å². The summed E-state index contributed by atoms with van der Waals surface area (Å²) in [7, 11) is 0. The van der Waals surface area contributed by atoms with E-state index in [1.807, 2.05) is 37.4 Å². The largest absolute Gasteiger partial charge is 0.355 e. The summed E-state index contributed by atoms with van der Waals surface area (Å²) < 4.78 is 0. The molecule has 2 N–H and O–H groups in total. The third-order valence-electron chi connectivity index (χ3n) is 3.60. The van der Waals surface area contributed by atoms with Crippen LogP contribution in [0.15, 0.2) is 24.3 Å². The van der Waals surface area contributed by atoms with E-state index in [1.54, 1.807) is 11.8 Å². The van der Waals surface area contributed by atoms with Crippen molar-refractivity contribution in [2.45, 2.75) is 45.6 Å². The van der Waals surface area contributed by atoms with Crippen LogP contribution in [0.2, 0.25) is 0 Å². The van der Waals surface area contributed by atoms with E-state index in [0.29, 0.717) is 18.5 Å². The van der Waals surface area contributed by atoms with Gasteiger partial charge in [0, 0.05) is 12.1 Å². The number of hydrogen-bond donors (Lipinski definition) is 2. The Morgan fingerprint density at radius 3 is 2.26 bits per heavy atom. The van der Waals surface area contributed by atoms with Crippen LogP contribution in [0, 0.1) is 0 Å². The molecule has 0 fully saturated rings. The van der Waals surface area contributed by atoms with E-state index in [1.165, 1.54) is 5.56 Å². The molecule has 0 saturated heterocycles. The fourth-order valence-corrected chi connectivity index (χ4v) is 2.64. The zero-order chi connectivity index (χ0) is 17.5. The van der Waals surface area contributed by atoms with Gasteiger partial charge in [-0.2, -0.15) is 11.8 Å². The molecule has 0 aromatic heterocycles. The highest BCUT2D eigenvalue weighted by Crippen LogP contribution is 2.22. The summed E-state index contributed by atoms with van der Waals surface area (Å²) in [5.41, 5.74) is 1.81. The zero-order valence-corrected chi connectivity index (χ0v) is 15.5. The van der Waals surface area contributed by atoms with E-state index in [4.69, 9.17) is 0 Å². The van der Waals surface area contributed by atoms with Crippen molar-refractivity contribution >= 4 is 23.6 Å². The molecule has 0 radical (unpaired) electrons. The molecule has 0 bridgehead atoms. The highest BCUT2D eigenvalue weighted by Gasteiger charge is 2.21. The summed E-state index contributed by atoms with van der Waals surface area (Å²) >= 11 is 1.66. The second-order valence-corrected chi connectivity index (χ2v) is 7.52. The molecule has 5 heteroatoms. The number of amides is 2. The molecular weight excluding hydrogens is 308 g/mol. The summed E-state index contributed by atoms with van der Waals surface area (Å²) in [6.45, 7) is 8.84. The Balaban J connectivity index is 2.79. The fourth-order valence-electron chi connectivity index (χ4n) is 2.17. The number of hydrogen-bond acceptors (Lipinski definition) is 3. The van der Waals surface area contributed by atoms with Crippen molar-refractivity contribution in [1.29, 1.82) is 0 Å². The van der Waals surface area contributed by atoms with Crippen LogP contribution >= 0.6 is 11.8 Å². The van der Waals surface area contributed by atoms with Crippen molar-refractivity contribution in [3.63, 3.8) is 0 Å². The Morgan fingerprint density at radius 1 is 1.17 bits per heavy atom. The molecule has 0 unspecified atom stereocenters. The monoisotopic (exact) mass is 336 g/mol. The lowest BCUT2D eigenvalue weighted by atomic mass is 9.86. The maximum absolute atomic E-state index is 12.4. The highest BCUT2D eigenvalue weighted by atomic mass is 32.2. The first kappa shape index (κ1) is 19.6. The number of nitrogens with one attached hydrogen (secondary N) is 2. The number of rotatable bonds is 7. The summed E-state index contributed by atoms with van der Waals surface area (Å²) in [6.07, 6.45) is 2.61. The van der Waals surface area contributed by atoms with Crippen molar-refractivity contribution in [3.8, 4) is 0 Å². The third kappa shape index (κ3) is 6.26. The third-order valence-corrected chi connectivity index (χ3v) is 4.24. The first-order valence-corrected chi connectivity index (χ1v) is 9.37. The molecule has 0 aliphatic heterocycles. The van der Waals surface area contributed by atoms with Crippen molar-refractivity contribution in [3.05, 3.63) is 35.4 Å². The lowest BCUT2D eigenvalue weighted by Crippen LogP contribution is -2.47. The van der Waals surface area contributed by atoms with Gasteiger partial charge in [0.15, 0.2) is 0 Å². The highest BCUT2D eigenvalue weighted by molar-refractivity contribution is 7.98. The standard InChI is InChI=1S/C18H28N2O2S/c1-6-19-17(22)15(11-12-23-5)20-16(21)13-7-9-14(10-8-13)18(2,3)4/h7-10,15H,6,11-12H2,1-5H3,(H,19,22)(H,20,21)/t15-/m1/s1. The van der Waals surface area contributed by atoms with Gasteiger partial charge in [0.2, 0.25) is 5.91 Å². The minimum absolute atomic E-state index is 0.0525. The van der Waals surface area contributed by atoms with E-state index in [9.17, 15) is 9.59 Å². The average molecular weight is 337 g/mol. The first-order valence-electron chi connectivity index (χ1n) is 7.97. The molecular formula is C18H28N2O2S. The Bertz CT molecular complexity index is 521. The SMILES string of the molecule is CCNC(=O)[C@@H](CCSC)NC(=O)c1ccc(C(C)(C)C)cc1. The minimum Gasteiger partial charge on any atom is -0.355 e. The zero-order valence-electron chi connectivity index (χ0n) is 14.7. The first-order chi connectivity index (χ1) is 10.8. The Morgan fingerprint density at radius 2 is 1.78 bits per heavy atom. The van der Waals surface area contributed by atoms with Gasteiger partial charge in [0.05, 0.1) is 0 Å². The van der Waals surface area contributed by atoms with Crippen LogP contribution in [-0.2, 0) is 10.2 Å². The molecule has 1 aromatic carbocycles. The summed E-state index contributed by atoms with van der Waals surface area (Å²) in [6, 6.07) is 7.09. The topological polar surface area (TPSA) is 58.2 Å². The van der Waals surface area contributed by atoms with Crippen LogP contribution < -0.4 is 10.6 Å². The number of likely N-dealkylation sites (N-methyl/N-ethyl adjacent to an activating group) is 1. The van der Waals surface area contributed by atoms with Crippen LogP contribution in [0.4, 0.5) is 0 Å². The Kier molecular flexibility index (Phi) is 7.62. The lowest BCUT2D eigenvalue weighted by molar-refractivity contribution is -0.122. The molecule has 1 rings (SSSR count). The van der Waals surface area contributed by atoms with Crippen molar-refractivity contribution in [2.75, 3.05) is 18.6 Å². The second-order valence-electron chi connectivity index (χ2n) is 6.53. The molecule has 1 aromatic rings. The molecule has 0 aliphatic carbocycles. The van der Waals surface area contributed by atoms with E-state index < -0.39 is 6.04 Å². The molecule has 23 heavy (non-hydrogen) atoms. The maximum atomic E-state index is 12.4. The normalized spacial score (nSPS) is 12.6. The van der Waals surface area contributed by atoms with Gasteiger partial charge in [-0.25, -0.2) is 0 Å². The Hall–Kier alpha value is -1.49. The minimum atomic E-state index is -0.489. The van der Waals surface area contributed by atoms with E-state index in [2.05, 4.69) is 31.4 Å². The van der Waals surface area contributed by atoms with Gasteiger partial charge in [-0.1, -0.05) is 32.9 Å². The molecule has 0 aliphatic rings. The predicted octanol–water partition coefficient (Wildman–Crippen LogP) is 2.97. The van der Waals surface area contributed by atoms with E-state index >= 15 is 0 Å². The number of carbonyl (C=O) groups is 2. The molecule has 0 spiro atoms. The van der Waals surface area contributed by atoms with Gasteiger partial charge in [0.1, 0.15) is 6.04 Å². The molecule has 1 atom stereocenters. The number of thioether (sulfide) groups is 1. The van der Waals surface area contributed by atoms with Crippen LogP contribution in [0.25, 0.3) is 0 Å². The van der Waals surface area contributed by atoms with Gasteiger partial charge in [-0.05, 0) is 48.5 Å². The summed E-state index contributed by atoms with van der Waals surface area (Å²) in [5, 5.41) is 5.62. The van der Waals surface area contributed by atoms with Gasteiger partial charge < -0.3 is 10.6 Å². The van der Waals surface area contributed by atoms with Crippen molar-refractivity contribution in [2.24, 2.45) is 0 Å². The average Bonchev–Trinajstić information content (AvgIpc) is 2.50. The van der Waals surface area contributed by atoms with Crippen LogP contribution in [-0.4, -0.2) is 36.4 Å². The summed E-state index contributed by atoms with van der Waals surface area (Å²) in [5.74, 6) is 0.495. The van der Waals surface area contributed by atoms with Crippen molar-refractivity contribution in [1.82, 2.24) is 10.6 Å². The van der Waals surface area contributed by atoms with Gasteiger partial charge >= 0.3 is 0 Å². The molecule has 128 valence electrons. The van der Waals surface area contributed by atoms with Crippen LogP contribution in [0.3, 0.4) is 0 Å². The second kappa shape index (κ2) is 8.96. The lowest BCUT2D eigenvalue weighted by Gasteiger charge is -2.20. The van der Waals surface area contributed by atoms with E-state index in [0.717, 1.165) is 5.75 Å². The molecule has 0 saturated carbocycles.